The minimum atomic E-state index is 0.639. The molecule has 16 heavy (non-hydrogen) atoms. The maximum atomic E-state index is 4.19. The van der Waals surface area contributed by atoms with Crippen molar-refractivity contribution in [2.45, 2.75) is 12.6 Å². The molecule has 0 aliphatic carbocycles. The van der Waals surface area contributed by atoms with E-state index in [4.69, 9.17) is 0 Å². The Kier molecular flexibility index (Phi) is 4.26. The van der Waals surface area contributed by atoms with Crippen LogP contribution < -0.4 is 5.32 Å². The highest BCUT2D eigenvalue weighted by Gasteiger charge is 2.15. The molecule has 0 amide bonds. The van der Waals surface area contributed by atoms with E-state index >= 15 is 0 Å². The Bertz CT molecular complexity index is 320. The molecule has 1 unspecified atom stereocenters. The van der Waals surface area contributed by atoms with Gasteiger partial charge in [0, 0.05) is 56.0 Å². The second kappa shape index (κ2) is 5.70. The molecule has 0 bridgehead atoms. The Morgan fingerprint density at radius 1 is 1.69 bits per heavy atom. The fourth-order valence-corrected chi connectivity index (χ4v) is 2.98. The van der Waals surface area contributed by atoms with Crippen molar-refractivity contribution >= 4 is 11.8 Å². The molecule has 2 rings (SSSR count). The highest BCUT2D eigenvalue weighted by molar-refractivity contribution is 7.99. The summed E-state index contributed by atoms with van der Waals surface area (Å²) >= 11 is 2.05. The number of hydrogen-bond donors (Lipinski definition) is 1. The number of aromatic nitrogens is 2. The number of nitrogens with zero attached hydrogens (tertiary/aromatic N) is 3. The van der Waals surface area contributed by atoms with Gasteiger partial charge in [-0.1, -0.05) is 0 Å². The van der Waals surface area contributed by atoms with Crippen molar-refractivity contribution in [3.8, 4) is 0 Å². The van der Waals surface area contributed by atoms with E-state index in [1.807, 2.05) is 29.7 Å². The van der Waals surface area contributed by atoms with Gasteiger partial charge < -0.3 is 10.2 Å². The zero-order chi connectivity index (χ0) is 11.4. The molecule has 0 radical (unpaired) electrons. The van der Waals surface area contributed by atoms with Gasteiger partial charge >= 0.3 is 0 Å². The molecule has 2 heterocycles. The van der Waals surface area contributed by atoms with Crippen molar-refractivity contribution < 1.29 is 0 Å². The summed E-state index contributed by atoms with van der Waals surface area (Å²) in [5.41, 5.74) is 1.29. The topological polar surface area (TPSA) is 33.1 Å². The monoisotopic (exact) mass is 240 g/mol. The Labute approximate surface area is 101 Å². The maximum Gasteiger partial charge on any atom is 0.0534 e. The van der Waals surface area contributed by atoms with E-state index in [0.717, 1.165) is 19.6 Å². The van der Waals surface area contributed by atoms with Crippen molar-refractivity contribution in [1.82, 2.24) is 20.0 Å². The predicted molar refractivity (Wildman–Crippen MR) is 68.7 cm³/mol. The van der Waals surface area contributed by atoms with Gasteiger partial charge in [0.2, 0.25) is 0 Å². The Morgan fingerprint density at radius 3 is 3.19 bits per heavy atom. The van der Waals surface area contributed by atoms with Crippen LogP contribution in [0, 0.1) is 0 Å². The molecular weight excluding hydrogens is 220 g/mol. The average molecular weight is 240 g/mol. The third kappa shape index (κ3) is 3.50. The van der Waals surface area contributed by atoms with Gasteiger partial charge in [0.15, 0.2) is 0 Å². The Morgan fingerprint density at radius 2 is 2.56 bits per heavy atom. The van der Waals surface area contributed by atoms with Gasteiger partial charge in [0.05, 0.1) is 6.20 Å². The first-order valence-corrected chi connectivity index (χ1v) is 6.86. The average Bonchev–Trinajstić information content (AvgIpc) is 2.65. The van der Waals surface area contributed by atoms with Gasteiger partial charge in [-0.2, -0.15) is 16.9 Å². The predicted octanol–water partition coefficient (Wildman–Crippen LogP) is 0.557. The fourth-order valence-electron chi connectivity index (χ4n) is 2.04. The molecule has 1 aromatic heterocycles. The van der Waals surface area contributed by atoms with Crippen LogP contribution in [0.2, 0.25) is 0 Å². The number of nitrogens with one attached hydrogen (secondary N) is 1. The number of aryl methyl sites for hydroxylation is 1. The number of likely N-dealkylation sites (N-methyl/N-ethyl adjacent to an activating group) is 1. The van der Waals surface area contributed by atoms with Crippen molar-refractivity contribution in [1.29, 1.82) is 0 Å². The van der Waals surface area contributed by atoms with E-state index in [9.17, 15) is 0 Å². The van der Waals surface area contributed by atoms with Crippen LogP contribution >= 0.6 is 11.8 Å². The molecular formula is C11H20N4S. The van der Waals surface area contributed by atoms with E-state index in [2.05, 4.69) is 28.6 Å². The largest absolute Gasteiger partial charge is 0.311 e. The summed E-state index contributed by atoms with van der Waals surface area (Å²) in [7, 11) is 4.14. The first-order valence-electron chi connectivity index (χ1n) is 5.71. The lowest BCUT2D eigenvalue weighted by molar-refractivity contribution is 0.292. The van der Waals surface area contributed by atoms with Gasteiger partial charge in [0.1, 0.15) is 0 Å². The summed E-state index contributed by atoms with van der Waals surface area (Å²) in [5.74, 6) is 2.49. The molecule has 1 aliphatic heterocycles. The summed E-state index contributed by atoms with van der Waals surface area (Å²) in [5, 5.41) is 7.74. The van der Waals surface area contributed by atoms with Crippen LogP contribution in [-0.4, -0.2) is 52.4 Å². The SMILES string of the molecule is CN(Cc1cnn(C)c1)CC1CSCCN1. The molecule has 1 aliphatic rings. The van der Waals surface area contributed by atoms with Crippen molar-refractivity contribution in [2.24, 2.45) is 7.05 Å². The maximum absolute atomic E-state index is 4.19. The van der Waals surface area contributed by atoms with Crippen LogP contribution in [0.15, 0.2) is 12.4 Å². The Hall–Kier alpha value is -0.520. The second-order valence-corrected chi connectivity index (χ2v) is 5.59. The summed E-state index contributed by atoms with van der Waals surface area (Å²) < 4.78 is 1.86. The fraction of sp³-hybridized carbons (Fsp3) is 0.727. The lowest BCUT2D eigenvalue weighted by atomic mass is 10.2. The Balaban J connectivity index is 1.77. The van der Waals surface area contributed by atoms with Crippen LogP contribution in [0.1, 0.15) is 5.56 Å². The van der Waals surface area contributed by atoms with E-state index in [-0.39, 0.29) is 0 Å². The molecule has 1 saturated heterocycles. The normalized spacial score (nSPS) is 21.6. The van der Waals surface area contributed by atoms with Gasteiger partial charge in [0.25, 0.3) is 0 Å². The quantitative estimate of drug-likeness (QED) is 0.833. The molecule has 5 heteroatoms. The summed E-state index contributed by atoms with van der Waals surface area (Å²) in [4.78, 5) is 2.36. The molecule has 0 spiro atoms. The standard InChI is InChI=1S/C11H20N4S/c1-14(6-10-5-13-15(2)7-10)8-11-9-16-4-3-12-11/h5,7,11-12H,3-4,6,8-9H2,1-2H3. The molecule has 4 nitrogen and oxygen atoms in total. The highest BCUT2D eigenvalue weighted by atomic mass is 32.2. The van der Waals surface area contributed by atoms with Crippen LogP contribution in [0.5, 0.6) is 0 Å². The van der Waals surface area contributed by atoms with Crippen molar-refractivity contribution in [3.63, 3.8) is 0 Å². The van der Waals surface area contributed by atoms with Crippen LogP contribution in [0.3, 0.4) is 0 Å². The number of hydrogen-bond acceptors (Lipinski definition) is 4. The lowest BCUT2D eigenvalue weighted by Gasteiger charge is -2.27. The first-order chi connectivity index (χ1) is 7.74. The second-order valence-electron chi connectivity index (χ2n) is 4.44. The molecule has 1 aromatic rings. The molecule has 0 aromatic carbocycles. The molecule has 1 fully saturated rings. The van der Waals surface area contributed by atoms with E-state index in [1.165, 1.54) is 17.1 Å². The van der Waals surface area contributed by atoms with Crippen molar-refractivity contribution in [3.05, 3.63) is 18.0 Å². The number of thioether (sulfide) groups is 1. The van der Waals surface area contributed by atoms with Crippen LogP contribution in [0.4, 0.5) is 0 Å². The summed E-state index contributed by atoms with van der Waals surface area (Å²) in [6.45, 7) is 3.24. The summed E-state index contributed by atoms with van der Waals surface area (Å²) in [6, 6.07) is 0.639. The van der Waals surface area contributed by atoms with Gasteiger partial charge in [-0.25, -0.2) is 0 Å². The zero-order valence-electron chi connectivity index (χ0n) is 10.0. The molecule has 90 valence electrons. The minimum Gasteiger partial charge on any atom is -0.311 e. The summed E-state index contributed by atoms with van der Waals surface area (Å²) in [6.07, 6.45) is 4.03. The first kappa shape index (κ1) is 12.0. The smallest absolute Gasteiger partial charge is 0.0534 e. The third-order valence-electron chi connectivity index (χ3n) is 2.74. The molecule has 0 saturated carbocycles. The van der Waals surface area contributed by atoms with E-state index in [1.54, 1.807) is 0 Å². The molecule has 1 atom stereocenters. The zero-order valence-corrected chi connectivity index (χ0v) is 10.8. The van der Waals surface area contributed by atoms with Crippen molar-refractivity contribution in [2.75, 3.05) is 31.6 Å². The van der Waals surface area contributed by atoms with Crippen LogP contribution in [0.25, 0.3) is 0 Å². The van der Waals surface area contributed by atoms with Gasteiger partial charge in [-0.05, 0) is 7.05 Å². The number of rotatable bonds is 4. The minimum absolute atomic E-state index is 0.639. The van der Waals surface area contributed by atoms with E-state index in [0.29, 0.717) is 6.04 Å². The lowest BCUT2D eigenvalue weighted by Crippen LogP contribution is -2.44. The highest BCUT2D eigenvalue weighted by Crippen LogP contribution is 2.09. The third-order valence-corrected chi connectivity index (χ3v) is 3.87. The van der Waals surface area contributed by atoms with Gasteiger partial charge in [-0.3, -0.25) is 4.68 Å². The molecule has 1 N–H and O–H groups in total. The van der Waals surface area contributed by atoms with Gasteiger partial charge in [-0.15, -0.1) is 0 Å². The van der Waals surface area contributed by atoms with Crippen LogP contribution in [-0.2, 0) is 13.6 Å². The van der Waals surface area contributed by atoms with E-state index < -0.39 is 0 Å².